The lowest BCUT2D eigenvalue weighted by Crippen LogP contribution is -2.38. The maximum atomic E-state index is 12.3. The fourth-order valence-corrected chi connectivity index (χ4v) is 2.44. The van der Waals surface area contributed by atoms with Gasteiger partial charge in [0.15, 0.2) is 0 Å². The number of carbonyl (C=O) groups is 1. The summed E-state index contributed by atoms with van der Waals surface area (Å²) >= 11 is 0. The van der Waals surface area contributed by atoms with Gasteiger partial charge >= 0.3 is 0 Å². The van der Waals surface area contributed by atoms with Crippen molar-refractivity contribution in [3.63, 3.8) is 0 Å². The van der Waals surface area contributed by atoms with Crippen molar-refractivity contribution >= 4 is 5.91 Å². The Morgan fingerprint density at radius 1 is 1.32 bits per heavy atom. The summed E-state index contributed by atoms with van der Waals surface area (Å²) in [7, 11) is 0. The molecule has 0 spiro atoms. The van der Waals surface area contributed by atoms with E-state index in [0.717, 1.165) is 17.9 Å². The summed E-state index contributed by atoms with van der Waals surface area (Å²) in [5, 5.41) is 6.20. The van der Waals surface area contributed by atoms with Crippen LogP contribution in [-0.2, 0) is 17.9 Å². The quantitative estimate of drug-likeness (QED) is 0.880. The molecule has 2 N–H and O–H groups in total. The van der Waals surface area contributed by atoms with E-state index in [4.69, 9.17) is 4.42 Å². The molecule has 19 heavy (non-hydrogen) atoms. The van der Waals surface area contributed by atoms with Crippen molar-refractivity contribution in [2.45, 2.75) is 19.0 Å². The van der Waals surface area contributed by atoms with E-state index in [-0.39, 0.29) is 11.8 Å². The molecule has 1 aromatic heterocycles. The highest BCUT2D eigenvalue weighted by molar-refractivity contribution is 5.84. The number of rotatable bonds is 3. The van der Waals surface area contributed by atoms with Gasteiger partial charge in [-0.25, -0.2) is 0 Å². The van der Waals surface area contributed by atoms with Crippen molar-refractivity contribution in [1.29, 1.82) is 0 Å². The first-order valence-electron chi connectivity index (χ1n) is 6.43. The zero-order valence-corrected chi connectivity index (χ0v) is 10.6. The van der Waals surface area contributed by atoms with Gasteiger partial charge in [-0.05, 0) is 23.3 Å². The van der Waals surface area contributed by atoms with Crippen LogP contribution in [0.25, 0.3) is 0 Å². The van der Waals surface area contributed by atoms with Crippen LogP contribution in [0.5, 0.6) is 0 Å². The monoisotopic (exact) mass is 256 g/mol. The molecule has 1 amide bonds. The predicted molar refractivity (Wildman–Crippen MR) is 71.4 cm³/mol. The van der Waals surface area contributed by atoms with Crippen LogP contribution in [0.1, 0.15) is 22.8 Å². The number of carbonyl (C=O) groups excluding carboxylic acids is 1. The zero-order chi connectivity index (χ0) is 13.1. The van der Waals surface area contributed by atoms with Crippen LogP contribution in [0.2, 0.25) is 0 Å². The summed E-state index contributed by atoms with van der Waals surface area (Å²) in [6.07, 6.45) is 1.61. The van der Waals surface area contributed by atoms with Crippen LogP contribution >= 0.6 is 0 Å². The summed E-state index contributed by atoms with van der Waals surface area (Å²) in [6.45, 7) is 1.95. The summed E-state index contributed by atoms with van der Waals surface area (Å²) in [4.78, 5) is 12.3. The Morgan fingerprint density at radius 3 is 3.05 bits per heavy atom. The normalized spacial score (nSPS) is 17.8. The average Bonchev–Trinajstić information content (AvgIpc) is 2.97. The van der Waals surface area contributed by atoms with E-state index >= 15 is 0 Å². The Hall–Kier alpha value is -2.07. The van der Waals surface area contributed by atoms with Gasteiger partial charge < -0.3 is 15.1 Å². The molecule has 0 radical (unpaired) electrons. The summed E-state index contributed by atoms with van der Waals surface area (Å²) in [5.74, 6) is 0.682. The maximum absolute atomic E-state index is 12.3. The van der Waals surface area contributed by atoms with Gasteiger partial charge in [0, 0.05) is 13.1 Å². The molecule has 3 rings (SSSR count). The van der Waals surface area contributed by atoms with Crippen LogP contribution in [0.3, 0.4) is 0 Å². The second kappa shape index (κ2) is 5.28. The van der Waals surface area contributed by atoms with E-state index in [1.807, 2.05) is 30.3 Å². The molecule has 4 nitrogen and oxygen atoms in total. The fraction of sp³-hybridized carbons (Fsp3) is 0.267. The van der Waals surface area contributed by atoms with Crippen molar-refractivity contribution < 1.29 is 9.21 Å². The van der Waals surface area contributed by atoms with Crippen molar-refractivity contribution in [2.75, 3.05) is 6.54 Å². The number of benzene rings is 1. The highest BCUT2D eigenvalue weighted by atomic mass is 16.3. The van der Waals surface area contributed by atoms with Crippen molar-refractivity contribution in [1.82, 2.24) is 10.6 Å². The van der Waals surface area contributed by atoms with E-state index in [1.165, 1.54) is 5.56 Å². The summed E-state index contributed by atoms with van der Waals surface area (Å²) in [6, 6.07) is 11.8. The number of nitrogens with one attached hydrogen (secondary N) is 2. The molecule has 4 heteroatoms. The third kappa shape index (κ3) is 2.53. The Morgan fingerprint density at radius 2 is 2.21 bits per heavy atom. The minimum absolute atomic E-state index is 0.0380. The van der Waals surface area contributed by atoms with Gasteiger partial charge in [0.2, 0.25) is 5.91 Å². The molecule has 1 aromatic carbocycles. The number of furan rings is 1. The van der Waals surface area contributed by atoms with Crippen LogP contribution in [0.4, 0.5) is 0 Å². The lowest BCUT2D eigenvalue weighted by Gasteiger charge is -2.25. The van der Waals surface area contributed by atoms with E-state index in [9.17, 15) is 4.79 Å². The summed E-state index contributed by atoms with van der Waals surface area (Å²) in [5.41, 5.74) is 2.32. The van der Waals surface area contributed by atoms with Crippen LogP contribution < -0.4 is 10.6 Å². The lowest BCUT2D eigenvalue weighted by atomic mass is 9.90. The lowest BCUT2D eigenvalue weighted by molar-refractivity contribution is -0.122. The maximum Gasteiger partial charge on any atom is 0.229 e. The SMILES string of the molecule is O=C(NCc1ccco1)C1CNCc2ccccc21. The third-order valence-corrected chi connectivity index (χ3v) is 3.43. The molecule has 0 bridgehead atoms. The van der Waals surface area contributed by atoms with E-state index < -0.39 is 0 Å². The van der Waals surface area contributed by atoms with Gasteiger partial charge in [0.1, 0.15) is 5.76 Å². The minimum Gasteiger partial charge on any atom is -0.467 e. The summed E-state index contributed by atoms with van der Waals surface area (Å²) < 4.78 is 5.21. The fourth-order valence-electron chi connectivity index (χ4n) is 2.44. The molecule has 0 saturated heterocycles. The third-order valence-electron chi connectivity index (χ3n) is 3.43. The Balaban J connectivity index is 1.71. The Kier molecular flexibility index (Phi) is 3.33. The highest BCUT2D eigenvalue weighted by Gasteiger charge is 2.25. The first-order valence-corrected chi connectivity index (χ1v) is 6.43. The van der Waals surface area contributed by atoms with Crippen LogP contribution in [0.15, 0.2) is 47.1 Å². The molecule has 1 aliphatic heterocycles. The second-order valence-corrected chi connectivity index (χ2v) is 4.68. The van der Waals surface area contributed by atoms with Crippen LogP contribution in [-0.4, -0.2) is 12.5 Å². The first kappa shape index (κ1) is 12.0. The number of hydrogen-bond acceptors (Lipinski definition) is 3. The highest BCUT2D eigenvalue weighted by Crippen LogP contribution is 2.23. The minimum atomic E-state index is -0.125. The smallest absolute Gasteiger partial charge is 0.229 e. The molecule has 2 heterocycles. The van der Waals surface area contributed by atoms with Gasteiger partial charge in [0.25, 0.3) is 0 Å². The molecule has 2 aromatic rings. The average molecular weight is 256 g/mol. The van der Waals surface area contributed by atoms with Gasteiger partial charge in [0.05, 0.1) is 18.7 Å². The number of fused-ring (bicyclic) bond motifs is 1. The molecule has 0 aliphatic carbocycles. The Bertz CT molecular complexity index is 563. The van der Waals surface area contributed by atoms with Crippen molar-refractivity contribution in [3.05, 3.63) is 59.5 Å². The molecular formula is C15H16N2O2. The zero-order valence-electron chi connectivity index (χ0n) is 10.6. The largest absolute Gasteiger partial charge is 0.467 e. The van der Waals surface area contributed by atoms with Crippen molar-refractivity contribution in [2.24, 2.45) is 0 Å². The molecule has 98 valence electrons. The number of hydrogen-bond donors (Lipinski definition) is 2. The standard InChI is InChI=1S/C15H16N2O2/c18-15(17-9-12-5-3-7-19-12)14-10-16-8-11-4-1-2-6-13(11)14/h1-7,14,16H,8-10H2,(H,17,18). The molecule has 1 unspecified atom stereocenters. The molecule has 0 fully saturated rings. The van der Waals surface area contributed by atoms with Gasteiger partial charge in [-0.3, -0.25) is 4.79 Å². The van der Waals surface area contributed by atoms with Gasteiger partial charge in [-0.15, -0.1) is 0 Å². The van der Waals surface area contributed by atoms with Crippen LogP contribution in [0, 0.1) is 0 Å². The van der Waals surface area contributed by atoms with E-state index in [0.29, 0.717) is 13.1 Å². The molecule has 1 atom stereocenters. The topological polar surface area (TPSA) is 54.3 Å². The predicted octanol–water partition coefficient (Wildman–Crippen LogP) is 1.78. The molecule has 0 saturated carbocycles. The van der Waals surface area contributed by atoms with Crippen molar-refractivity contribution in [3.8, 4) is 0 Å². The Labute approximate surface area is 111 Å². The first-order chi connectivity index (χ1) is 9.34. The van der Waals surface area contributed by atoms with E-state index in [1.54, 1.807) is 6.26 Å². The van der Waals surface area contributed by atoms with Gasteiger partial charge in [-0.2, -0.15) is 0 Å². The molecule has 1 aliphatic rings. The molecular weight excluding hydrogens is 240 g/mol. The second-order valence-electron chi connectivity index (χ2n) is 4.68. The van der Waals surface area contributed by atoms with Gasteiger partial charge in [-0.1, -0.05) is 24.3 Å². The van der Waals surface area contributed by atoms with E-state index in [2.05, 4.69) is 16.7 Å². The number of amides is 1.